The second-order valence-electron chi connectivity index (χ2n) is 4.41. The van der Waals surface area contributed by atoms with Gasteiger partial charge in [-0.1, -0.05) is 0 Å². The van der Waals surface area contributed by atoms with Crippen LogP contribution in [0.1, 0.15) is 0 Å². The van der Waals surface area contributed by atoms with Crippen molar-refractivity contribution in [3.8, 4) is 0 Å². The lowest BCUT2D eigenvalue weighted by atomic mass is 10.7. The summed E-state index contributed by atoms with van der Waals surface area (Å²) in [4.78, 5) is 11.1. The Balaban J connectivity index is 4.70. The van der Waals surface area contributed by atoms with Crippen LogP contribution in [0.3, 0.4) is 0 Å². The number of nitrogens with two attached hydrogens (primary N) is 2. The minimum absolute atomic E-state index is 0.0359. The third-order valence-electron chi connectivity index (χ3n) is 2.21. The molecule has 0 radical (unpaired) electrons. The van der Waals surface area contributed by atoms with E-state index in [0.29, 0.717) is 5.96 Å². The standard InChI is InChI=1S/C10H25N11/c1-14-10(16-9(13)20(4)5)21(6)18-17-7(11)15-8(12)19(2)3/h18H,1-6H3,(H2,13,14,16)(H4,11,12,15,17). The molecule has 0 aliphatic carbocycles. The predicted octanol–water partition coefficient (Wildman–Crippen LogP) is -2.40. The van der Waals surface area contributed by atoms with Crippen molar-refractivity contribution in [1.29, 1.82) is 5.41 Å². The highest BCUT2D eigenvalue weighted by atomic mass is 15.7. The van der Waals surface area contributed by atoms with Crippen molar-refractivity contribution < 1.29 is 0 Å². The van der Waals surface area contributed by atoms with Gasteiger partial charge in [0.25, 0.3) is 0 Å². The summed E-state index contributed by atoms with van der Waals surface area (Å²) < 4.78 is 0. The van der Waals surface area contributed by atoms with Gasteiger partial charge in [-0.25, -0.2) is 10.5 Å². The second-order valence-corrected chi connectivity index (χ2v) is 4.41. The molecular weight excluding hydrogens is 274 g/mol. The Morgan fingerprint density at radius 2 is 1.62 bits per heavy atom. The fourth-order valence-electron chi connectivity index (χ4n) is 0.923. The molecule has 0 spiro atoms. The number of nitrogens with zero attached hydrogens (tertiary/aromatic N) is 6. The van der Waals surface area contributed by atoms with E-state index in [-0.39, 0.29) is 17.9 Å². The number of hydrogen-bond acceptors (Lipinski definition) is 4. The lowest BCUT2D eigenvalue weighted by Crippen LogP contribution is -2.50. The van der Waals surface area contributed by atoms with Gasteiger partial charge < -0.3 is 21.3 Å². The largest absolute Gasteiger partial charge is 0.369 e. The highest BCUT2D eigenvalue weighted by Crippen LogP contribution is 1.84. The Bertz CT molecular complexity index is 434. The Morgan fingerprint density at radius 1 is 1.05 bits per heavy atom. The molecule has 0 saturated carbocycles. The van der Waals surface area contributed by atoms with E-state index in [1.165, 1.54) is 5.01 Å². The van der Waals surface area contributed by atoms with E-state index < -0.39 is 0 Å². The summed E-state index contributed by atoms with van der Waals surface area (Å²) >= 11 is 0. The van der Waals surface area contributed by atoms with Crippen molar-refractivity contribution in [2.24, 2.45) is 26.6 Å². The average Bonchev–Trinajstić information content (AvgIpc) is 2.41. The zero-order valence-corrected chi connectivity index (χ0v) is 13.3. The lowest BCUT2D eigenvalue weighted by Gasteiger charge is -2.23. The number of hydrazine groups is 1. The van der Waals surface area contributed by atoms with Crippen molar-refractivity contribution in [1.82, 2.24) is 25.7 Å². The molecule has 0 heterocycles. The zero-order chi connectivity index (χ0) is 16.6. The smallest absolute Gasteiger partial charge is 0.242 e. The van der Waals surface area contributed by atoms with Crippen LogP contribution >= 0.6 is 0 Å². The van der Waals surface area contributed by atoms with Gasteiger partial charge in [0.1, 0.15) is 0 Å². The van der Waals surface area contributed by atoms with Crippen LogP contribution < -0.4 is 22.3 Å². The van der Waals surface area contributed by atoms with E-state index in [1.54, 1.807) is 52.1 Å². The first kappa shape index (κ1) is 18.3. The van der Waals surface area contributed by atoms with Crippen molar-refractivity contribution in [3.05, 3.63) is 0 Å². The number of hydrazone groups is 1. The molecule has 0 unspecified atom stereocenters. The van der Waals surface area contributed by atoms with E-state index >= 15 is 0 Å². The minimum Gasteiger partial charge on any atom is -0.369 e. The monoisotopic (exact) mass is 299 g/mol. The molecule has 0 atom stereocenters. The molecule has 0 aromatic heterocycles. The van der Waals surface area contributed by atoms with Crippen molar-refractivity contribution in [2.75, 3.05) is 42.3 Å². The first-order valence-electron chi connectivity index (χ1n) is 6.02. The fraction of sp³-hybridized carbons (Fsp3) is 0.600. The van der Waals surface area contributed by atoms with Crippen LogP contribution in [-0.4, -0.2) is 80.9 Å². The molecule has 0 fully saturated rings. The molecule has 0 aromatic carbocycles. The van der Waals surface area contributed by atoms with E-state index in [9.17, 15) is 0 Å². The van der Waals surface area contributed by atoms with Crippen LogP contribution in [0.2, 0.25) is 0 Å². The van der Waals surface area contributed by atoms with Crippen LogP contribution in [0.4, 0.5) is 0 Å². The number of nitrogens with one attached hydrogen (secondary N) is 3. The molecule has 0 aliphatic rings. The van der Waals surface area contributed by atoms with Crippen molar-refractivity contribution in [3.63, 3.8) is 0 Å². The Hall–Kier alpha value is -2.72. The van der Waals surface area contributed by atoms with Gasteiger partial charge in [0.05, 0.1) is 0 Å². The van der Waals surface area contributed by atoms with Crippen LogP contribution in [0.5, 0.6) is 0 Å². The summed E-state index contributed by atoms with van der Waals surface area (Å²) in [5.74, 6) is 0.759. The summed E-state index contributed by atoms with van der Waals surface area (Å²) in [5.41, 5.74) is 13.8. The quantitative estimate of drug-likeness (QED) is 0.217. The molecule has 7 N–H and O–H groups in total. The van der Waals surface area contributed by atoms with Gasteiger partial charge in [0.15, 0.2) is 11.9 Å². The summed E-state index contributed by atoms with van der Waals surface area (Å²) in [7, 11) is 10.2. The van der Waals surface area contributed by atoms with E-state index in [4.69, 9.17) is 16.9 Å². The first-order valence-corrected chi connectivity index (χ1v) is 6.02. The van der Waals surface area contributed by atoms with Gasteiger partial charge >= 0.3 is 0 Å². The molecular formula is C10H25N11. The molecule has 0 saturated heterocycles. The third-order valence-corrected chi connectivity index (χ3v) is 2.21. The van der Waals surface area contributed by atoms with Gasteiger partial charge in [-0.15, -0.1) is 5.10 Å². The van der Waals surface area contributed by atoms with Gasteiger partial charge in [0.2, 0.25) is 11.9 Å². The summed E-state index contributed by atoms with van der Waals surface area (Å²) in [6, 6.07) is 0. The Kier molecular flexibility index (Phi) is 7.36. The molecule has 11 heteroatoms. The molecule has 0 aliphatic heterocycles. The maximum Gasteiger partial charge on any atom is 0.242 e. The summed E-state index contributed by atoms with van der Waals surface area (Å²) in [6.07, 6.45) is 0. The average molecular weight is 299 g/mol. The van der Waals surface area contributed by atoms with E-state index in [2.05, 4.69) is 25.9 Å². The molecule has 0 rings (SSSR count). The van der Waals surface area contributed by atoms with Crippen LogP contribution in [0, 0.1) is 5.41 Å². The molecule has 11 nitrogen and oxygen atoms in total. The lowest BCUT2D eigenvalue weighted by molar-refractivity contribution is 0.368. The predicted molar refractivity (Wildman–Crippen MR) is 85.7 cm³/mol. The minimum atomic E-state index is -0.0359. The molecule has 0 aromatic rings. The van der Waals surface area contributed by atoms with Crippen LogP contribution in [0.15, 0.2) is 15.1 Å². The number of guanidine groups is 4. The fourth-order valence-corrected chi connectivity index (χ4v) is 0.923. The number of hydrogen-bond donors (Lipinski definition) is 5. The molecule has 21 heavy (non-hydrogen) atoms. The highest BCUT2D eigenvalue weighted by molar-refractivity contribution is 5.97. The van der Waals surface area contributed by atoms with Gasteiger partial charge in [-0.3, -0.25) is 15.7 Å². The third kappa shape index (κ3) is 6.84. The van der Waals surface area contributed by atoms with Gasteiger partial charge in [-0.05, 0) is 0 Å². The Labute approximate surface area is 124 Å². The number of rotatable bonds is 2. The first-order chi connectivity index (χ1) is 9.68. The van der Waals surface area contributed by atoms with Crippen molar-refractivity contribution >= 4 is 23.8 Å². The second kappa shape index (κ2) is 8.45. The van der Waals surface area contributed by atoms with E-state index in [1.807, 2.05) is 0 Å². The van der Waals surface area contributed by atoms with E-state index in [0.717, 1.165) is 0 Å². The number of aliphatic imine (C=N–C) groups is 2. The zero-order valence-electron chi connectivity index (χ0n) is 13.3. The SMILES string of the molecule is CN=C(NC(=N)N(C)C)N(C)NN=C(N)N=C(N)N(C)C. The highest BCUT2D eigenvalue weighted by Gasteiger charge is 2.08. The molecule has 120 valence electrons. The van der Waals surface area contributed by atoms with Crippen LogP contribution in [-0.2, 0) is 0 Å². The normalized spacial score (nSPS) is 12.8. The molecule has 0 amide bonds. The summed E-state index contributed by atoms with van der Waals surface area (Å²) in [5, 5.41) is 15.8. The van der Waals surface area contributed by atoms with Crippen LogP contribution in [0.25, 0.3) is 0 Å². The van der Waals surface area contributed by atoms with Gasteiger partial charge in [-0.2, -0.15) is 4.99 Å². The topological polar surface area (TPSA) is 147 Å². The Morgan fingerprint density at radius 3 is 2.05 bits per heavy atom. The van der Waals surface area contributed by atoms with Crippen molar-refractivity contribution in [2.45, 2.75) is 0 Å². The maximum absolute atomic E-state index is 7.70. The summed E-state index contributed by atoms with van der Waals surface area (Å²) in [6.45, 7) is 0. The maximum atomic E-state index is 7.70. The van der Waals surface area contributed by atoms with Gasteiger partial charge in [0, 0.05) is 42.3 Å². The molecule has 0 bridgehead atoms.